The van der Waals surface area contributed by atoms with E-state index in [2.05, 4.69) is 13.8 Å². The first-order valence-corrected chi connectivity index (χ1v) is 5.77. The smallest absolute Gasteiger partial charge is 0.154 e. The lowest BCUT2D eigenvalue weighted by Gasteiger charge is -2.32. The van der Waals surface area contributed by atoms with E-state index in [1.807, 2.05) is 6.92 Å². The summed E-state index contributed by atoms with van der Waals surface area (Å²) < 4.78 is 10.7. The lowest BCUT2D eigenvalue weighted by molar-refractivity contribution is -0.127. The average Bonchev–Trinajstić information content (AvgIpc) is 2.16. The maximum atomic E-state index is 5.61. The van der Waals surface area contributed by atoms with Crippen LogP contribution in [0, 0.1) is 17.8 Å². The molecule has 0 amide bonds. The van der Waals surface area contributed by atoms with Gasteiger partial charge in [0.2, 0.25) is 0 Å². The van der Waals surface area contributed by atoms with Crippen molar-refractivity contribution < 1.29 is 9.47 Å². The molecule has 0 aromatic heterocycles. The summed E-state index contributed by atoms with van der Waals surface area (Å²) in [5.74, 6) is 2.45. The van der Waals surface area contributed by atoms with Gasteiger partial charge in [-0.15, -0.1) is 0 Å². The van der Waals surface area contributed by atoms with Crippen LogP contribution in [0.4, 0.5) is 0 Å². The molecule has 1 fully saturated rings. The van der Waals surface area contributed by atoms with Crippen molar-refractivity contribution in [1.29, 1.82) is 0 Å². The standard InChI is InChI=1S/C12H24O2/c1-9-5-6-12(10(2)7-9)8-14-11(3)13-4/h9-12H,5-8H2,1-4H3. The molecule has 0 N–H and O–H groups in total. The molecule has 0 spiro atoms. The first kappa shape index (κ1) is 12.0. The van der Waals surface area contributed by atoms with E-state index in [9.17, 15) is 0 Å². The second-order valence-electron chi connectivity index (χ2n) is 4.79. The quantitative estimate of drug-likeness (QED) is 0.649. The molecular formula is C12H24O2. The number of hydrogen-bond acceptors (Lipinski definition) is 2. The van der Waals surface area contributed by atoms with E-state index in [0.29, 0.717) is 0 Å². The van der Waals surface area contributed by atoms with Crippen LogP contribution in [0.15, 0.2) is 0 Å². The van der Waals surface area contributed by atoms with Crippen LogP contribution in [0.1, 0.15) is 40.0 Å². The van der Waals surface area contributed by atoms with Gasteiger partial charge in [0.15, 0.2) is 6.29 Å². The van der Waals surface area contributed by atoms with Crippen molar-refractivity contribution in [3.63, 3.8) is 0 Å². The van der Waals surface area contributed by atoms with Gasteiger partial charge in [-0.2, -0.15) is 0 Å². The third-order valence-corrected chi connectivity index (χ3v) is 3.49. The van der Waals surface area contributed by atoms with Gasteiger partial charge < -0.3 is 9.47 Å². The van der Waals surface area contributed by atoms with Crippen LogP contribution in [0.3, 0.4) is 0 Å². The van der Waals surface area contributed by atoms with Crippen molar-refractivity contribution in [3.8, 4) is 0 Å². The Bertz CT molecular complexity index is 158. The largest absolute Gasteiger partial charge is 0.356 e. The van der Waals surface area contributed by atoms with E-state index < -0.39 is 0 Å². The number of ether oxygens (including phenoxy) is 2. The third-order valence-electron chi connectivity index (χ3n) is 3.49. The summed E-state index contributed by atoms with van der Waals surface area (Å²) in [6, 6.07) is 0. The molecule has 0 saturated heterocycles. The van der Waals surface area contributed by atoms with Crippen molar-refractivity contribution in [2.45, 2.75) is 46.3 Å². The molecule has 0 bridgehead atoms. The number of methoxy groups -OCH3 is 1. The number of hydrogen-bond donors (Lipinski definition) is 0. The summed E-state index contributed by atoms with van der Waals surface area (Å²) in [6.07, 6.45) is 3.98. The minimum atomic E-state index is -0.0541. The zero-order valence-corrected chi connectivity index (χ0v) is 9.95. The van der Waals surface area contributed by atoms with E-state index >= 15 is 0 Å². The highest BCUT2D eigenvalue weighted by molar-refractivity contribution is 4.75. The minimum Gasteiger partial charge on any atom is -0.356 e. The Morgan fingerprint density at radius 2 is 2.00 bits per heavy atom. The van der Waals surface area contributed by atoms with Gasteiger partial charge >= 0.3 is 0 Å². The fraction of sp³-hybridized carbons (Fsp3) is 1.00. The van der Waals surface area contributed by atoms with Crippen LogP contribution in [-0.2, 0) is 9.47 Å². The van der Waals surface area contributed by atoms with E-state index in [0.717, 1.165) is 24.4 Å². The number of rotatable bonds is 4. The van der Waals surface area contributed by atoms with Crippen molar-refractivity contribution in [1.82, 2.24) is 0 Å². The molecule has 0 aliphatic heterocycles. The second kappa shape index (κ2) is 5.72. The Morgan fingerprint density at radius 1 is 1.29 bits per heavy atom. The highest BCUT2D eigenvalue weighted by Crippen LogP contribution is 2.33. The first-order chi connectivity index (χ1) is 6.63. The maximum absolute atomic E-state index is 5.61. The Balaban J connectivity index is 2.24. The van der Waals surface area contributed by atoms with E-state index in [1.165, 1.54) is 19.3 Å². The van der Waals surface area contributed by atoms with Gasteiger partial charge in [-0.1, -0.05) is 20.3 Å². The molecule has 0 radical (unpaired) electrons. The molecule has 14 heavy (non-hydrogen) atoms. The summed E-state index contributed by atoms with van der Waals surface area (Å²) in [5.41, 5.74) is 0. The van der Waals surface area contributed by atoms with E-state index in [4.69, 9.17) is 9.47 Å². The SMILES string of the molecule is COC(C)OCC1CCC(C)CC1C. The second-order valence-corrected chi connectivity index (χ2v) is 4.79. The van der Waals surface area contributed by atoms with Crippen molar-refractivity contribution >= 4 is 0 Å². The Morgan fingerprint density at radius 3 is 2.57 bits per heavy atom. The molecule has 0 aromatic rings. The van der Waals surface area contributed by atoms with Gasteiger partial charge in [0.05, 0.1) is 6.61 Å². The van der Waals surface area contributed by atoms with E-state index in [1.54, 1.807) is 7.11 Å². The van der Waals surface area contributed by atoms with Crippen LogP contribution in [0.5, 0.6) is 0 Å². The Labute approximate surface area is 88.0 Å². The van der Waals surface area contributed by atoms with Crippen LogP contribution in [0.2, 0.25) is 0 Å². The third kappa shape index (κ3) is 3.58. The summed E-state index contributed by atoms with van der Waals surface area (Å²) in [4.78, 5) is 0. The Hall–Kier alpha value is -0.0800. The van der Waals surface area contributed by atoms with Gasteiger partial charge in [0.25, 0.3) is 0 Å². The zero-order chi connectivity index (χ0) is 10.6. The highest BCUT2D eigenvalue weighted by Gasteiger charge is 2.25. The minimum absolute atomic E-state index is 0.0541. The van der Waals surface area contributed by atoms with Crippen molar-refractivity contribution in [2.24, 2.45) is 17.8 Å². The lowest BCUT2D eigenvalue weighted by atomic mass is 9.76. The van der Waals surface area contributed by atoms with Crippen molar-refractivity contribution in [2.75, 3.05) is 13.7 Å². The summed E-state index contributed by atoms with van der Waals surface area (Å²) in [6.45, 7) is 7.52. The van der Waals surface area contributed by atoms with E-state index in [-0.39, 0.29) is 6.29 Å². The van der Waals surface area contributed by atoms with Gasteiger partial charge in [-0.25, -0.2) is 0 Å². The van der Waals surface area contributed by atoms with Crippen LogP contribution < -0.4 is 0 Å². The molecule has 1 aliphatic rings. The molecule has 1 saturated carbocycles. The maximum Gasteiger partial charge on any atom is 0.154 e. The molecular weight excluding hydrogens is 176 g/mol. The summed E-state index contributed by atoms with van der Waals surface area (Å²) in [7, 11) is 1.69. The topological polar surface area (TPSA) is 18.5 Å². The lowest BCUT2D eigenvalue weighted by Crippen LogP contribution is -2.27. The average molecular weight is 200 g/mol. The molecule has 4 unspecified atom stereocenters. The van der Waals surface area contributed by atoms with Gasteiger partial charge in [0.1, 0.15) is 0 Å². The molecule has 0 heterocycles. The Kier molecular flexibility index (Phi) is 4.90. The zero-order valence-electron chi connectivity index (χ0n) is 9.95. The molecule has 0 aromatic carbocycles. The monoisotopic (exact) mass is 200 g/mol. The van der Waals surface area contributed by atoms with Gasteiger partial charge in [0, 0.05) is 7.11 Å². The van der Waals surface area contributed by atoms with Crippen LogP contribution >= 0.6 is 0 Å². The molecule has 84 valence electrons. The predicted molar refractivity (Wildman–Crippen MR) is 58.1 cm³/mol. The molecule has 4 atom stereocenters. The van der Waals surface area contributed by atoms with Crippen LogP contribution in [-0.4, -0.2) is 20.0 Å². The molecule has 2 heteroatoms. The normalized spacial score (nSPS) is 35.6. The molecule has 1 rings (SSSR count). The molecule has 2 nitrogen and oxygen atoms in total. The predicted octanol–water partition coefficient (Wildman–Crippen LogP) is 3.07. The highest BCUT2D eigenvalue weighted by atomic mass is 16.7. The summed E-state index contributed by atoms with van der Waals surface area (Å²) >= 11 is 0. The van der Waals surface area contributed by atoms with Crippen LogP contribution in [0.25, 0.3) is 0 Å². The fourth-order valence-electron chi connectivity index (χ4n) is 2.30. The van der Waals surface area contributed by atoms with Gasteiger partial charge in [-0.05, 0) is 37.5 Å². The first-order valence-electron chi connectivity index (χ1n) is 5.77. The molecule has 1 aliphatic carbocycles. The fourth-order valence-corrected chi connectivity index (χ4v) is 2.30. The summed E-state index contributed by atoms with van der Waals surface area (Å²) in [5, 5.41) is 0. The van der Waals surface area contributed by atoms with Crippen molar-refractivity contribution in [3.05, 3.63) is 0 Å². The van der Waals surface area contributed by atoms with Gasteiger partial charge in [-0.3, -0.25) is 0 Å².